The predicted octanol–water partition coefficient (Wildman–Crippen LogP) is 2.65. The van der Waals surface area contributed by atoms with E-state index in [1.54, 1.807) is 0 Å². The zero-order valence-electron chi connectivity index (χ0n) is 13.2. The van der Waals surface area contributed by atoms with Crippen molar-refractivity contribution in [2.45, 2.75) is 71.6 Å². The highest BCUT2D eigenvalue weighted by atomic mass is 16.5. The van der Waals surface area contributed by atoms with Gasteiger partial charge in [0.05, 0.1) is 12.7 Å². The Labute approximate surface area is 119 Å². The molecule has 2 rings (SSSR count). The number of hydrogen-bond acceptors (Lipinski definition) is 3. The van der Waals surface area contributed by atoms with Crippen LogP contribution in [0, 0.1) is 5.41 Å². The summed E-state index contributed by atoms with van der Waals surface area (Å²) in [6.45, 7) is 13.6. The van der Waals surface area contributed by atoms with Crippen molar-refractivity contribution in [3.05, 3.63) is 0 Å². The zero-order valence-corrected chi connectivity index (χ0v) is 13.2. The van der Waals surface area contributed by atoms with Crippen LogP contribution >= 0.6 is 0 Å². The van der Waals surface area contributed by atoms with E-state index in [9.17, 15) is 0 Å². The average Bonchev–Trinajstić information content (AvgIpc) is 3.16. The van der Waals surface area contributed by atoms with Crippen molar-refractivity contribution in [1.82, 2.24) is 10.2 Å². The molecule has 1 N–H and O–H groups in total. The van der Waals surface area contributed by atoms with Crippen molar-refractivity contribution in [3.63, 3.8) is 0 Å². The van der Waals surface area contributed by atoms with Crippen molar-refractivity contribution in [2.75, 3.05) is 26.2 Å². The number of nitrogens with zero attached hydrogens (tertiary/aromatic N) is 1. The van der Waals surface area contributed by atoms with Crippen LogP contribution in [0.3, 0.4) is 0 Å². The largest absolute Gasteiger partial charge is 0.376 e. The quantitative estimate of drug-likeness (QED) is 0.768. The maximum absolute atomic E-state index is 5.75. The van der Waals surface area contributed by atoms with Crippen LogP contribution in [0.15, 0.2) is 0 Å². The van der Waals surface area contributed by atoms with E-state index in [4.69, 9.17) is 4.74 Å². The second kappa shape index (κ2) is 6.55. The standard InChI is InChI=1S/C16H32N2O/c1-5-8-16(4,11-17-15-6-7-15)12-18-9-14(3)19-10-13(18)2/h13-15,17H,5-12H2,1-4H3. The van der Waals surface area contributed by atoms with E-state index in [2.05, 4.69) is 37.9 Å². The lowest BCUT2D eigenvalue weighted by Crippen LogP contribution is -2.52. The van der Waals surface area contributed by atoms with Crippen molar-refractivity contribution >= 4 is 0 Å². The summed E-state index contributed by atoms with van der Waals surface area (Å²) in [5.41, 5.74) is 0.405. The Bertz CT molecular complexity index is 280. The van der Waals surface area contributed by atoms with E-state index < -0.39 is 0 Å². The summed E-state index contributed by atoms with van der Waals surface area (Å²) < 4.78 is 5.75. The van der Waals surface area contributed by atoms with Gasteiger partial charge in [-0.1, -0.05) is 20.3 Å². The lowest BCUT2D eigenvalue weighted by molar-refractivity contribution is -0.0623. The third-order valence-electron chi connectivity index (χ3n) is 4.57. The molecule has 0 aromatic heterocycles. The zero-order chi connectivity index (χ0) is 13.9. The number of hydrogen-bond donors (Lipinski definition) is 1. The predicted molar refractivity (Wildman–Crippen MR) is 80.5 cm³/mol. The van der Waals surface area contributed by atoms with E-state index in [1.807, 2.05) is 0 Å². The molecule has 1 saturated carbocycles. The van der Waals surface area contributed by atoms with Crippen LogP contribution in [0.25, 0.3) is 0 Å². The summed E-state index contributed by atoms with van der Waals surface area (Å²) in [5, 5.41) is 3.74. The van der Waals surface area contributed by atoms with Gasteiger partial charge >= 0.3 is 0 Å². The first-order chi connectivity index (χ1) is 9.02. The lowest BCUT2D eigenvalue weighted by atomic mass is 9.84. The highest BCUT2D eigenvalue weighted by Gasteiger charge is 2.33. The normalized spacial score (nSPS) is 32.2. The van der Waals surface area contributed by atoms with Crippen molar-refractivity contribution in [2.24, 2.45) is 5.41 Å². The molecular formula is C16H32N2O. The maximum Gasteiger partial charge on any atom is 0.0674 e. The molecule has 1 aliphatic heterocycles. The topological polar surface area (TPSA) is 24.5 Å². The molecule has 19 heavy (non-hydrogen) atoms. The highest BCUT2D eigenvalue weighted by molar-refractivity contribution is 4.89. The van der Waals surface area contributed by atoms with E-state index >= 15 is 0 Å². The molecule has 0 aromatic rings. The fourth-order valence-corrected chi connectivity index (χ4v) is 3.19. The minimum absolute atomic E-state index is 0.387. The van der Waals surface area contributed by atoms with Gasteiger partial charge in [0.2, 0.25) is 0 Å². The number of ether oxygens (including phenoxy) is 1. The molecule has 0 spiro atoms. The molecule has 112 valence electrons. The van der Waals surface area contributed by atoms with Crippen LogP contribution in [0.4, 0.5) is 0 Å². The molecule has 3 heteroatoms. The summed E-state index contributed by atoms with van der Waals surface area (Å²) in [7, 11) is 0. The van der Waals surface area contributed by atoms with Gasteiger partial charge < -0.3 is 10.1 Å². The monoisotopic (exact) mass is 268 g/mol. The molecule has 0 radical (unpaired) electrons. The molecule has 3 nitrogen and oxygen atoms in total. The first-order valence-electron chi connectivity index (χ1n) is 8.11. The van der Waals surface area contributed by atoms with Crippen LogP contribution in [0.5, 0.6) is 0 Å². The van der Waals surface area contributed by atoms with Gasteiger partial charge in [0, 0.05) is 31.7 Å². The molecule has 0 aromatic carbocycles. The second-order valence-electron chi connectivity index (χ2n) is 7.14. The van der Waals surface area contributed by atoms with Crippen LogP contribution in [0.1, 0.15) is 53.4 Å². The van der Waals surface area contributed by atoms with Crippen LogP contribution < -0.4 is 5.32 Å². The van der Waals surface area contributed by atoms with Crippen LogP contribution in [0.2, 0.25) is 0 Å². The Hall–Kier alpha value is -0.120. The Balaban J connectivity index is 1.89. The van der Waals surface area contributed by atoms with Crippen molar-refractivity contribution in [1.29, 1.82) is 0 Å². The van der Waals surface area contributed by atoms with E-state index in [-0.39, 0.29) is 0 Å². The molecule has 2 aliphatic rings. The lowest BCUT2D eigenvalue weighted by Gasteiger charge is -2.42. The second-order valence-corrected chi connectivity index (χ2v) is 7.14. The number of morpholine rings is 1. The van der Waals surface area contributed by atoms with Crippen LogP contribution in [-0.2, 0) is 4.74 Å². The Morgan fingerprint density at radius 2 is 2.05 bits per heavy atom. The molecule has 2 fully saturated rings. The molecule has 0 amide bonds. The molecule has 1 saturated heterocycles. The Kier molecular flexibility index (Phi) is 5.27. The van der Waals surface area contributed by atoms with Gasteiger partial charge in [0.1, 0.15) is 0 Å². The SMILES string of the molecule is CCCC(C)(CNC1CC1)CN1CC(C)OCC1C. The minimum atomic E-state index is 0.387. The van der Waals surface area contributed by atoms with Crippen molar-refractivity contribution < 1.29 is 4.74 Å². The average molecular weight is 268 g/mol. The van der Waals surface area contributed by atoms with E-state index in [1.165, 1.54) is 38.8 Å². The van der Waals surface area contributed by atoms with Crippen molar-refractivity contribution in [3.8, 4) is 0 Å². The van der Waals surface area contributed by atoms with E-state index in [0.29, 0.717) is 17.6 Å². The Morgan fingerprint density at radius 1 is 1.32 bits per heavy atom. The number of nitrogens with one attached hydrogen (secondary N) is 1. The molecule has 3 atom stereocenters. The number of rotatable bonds is 7. The molecule has 0 bridgehead atoms. The summed E-state index contributed by atoms with van der Waals surface area (Å²) in [6.07, 6.45) is 5.74. The summed E-state index contributed by atoms with van der Waals surface area (Å²) in [6, 6.07) is 1.38. The third-order valence-corrected chi connectivity index (χ3v) is 4.57. The Morgan fingerprint density at radius 3 is 2.68 bits per heavy atom. The molecule has 1 heterocycles. The summed E-state index contributed by atoms with van der Waals surface area (Å²) in [5.74, 6) is 0. The third kappa shape index (κ3) is 4.73. The van der Waals surface area contributed by atoms with Gasteiger partial charge in [-0.15, -0.1) is 0 Å². The minimum Gasteiger partial charge on any atom is -0.376 e. The van der Waals surface area contributed by atoms with Gasteiger partial charge in [-0.25, -0.2) is 0 Å². The van der Waals surface area contributed by atoms with Gasteiger partial charge in [0.25, 0.3) is 0 Å². The molecule has 3 unspecified atom stereocenters. The maximum atomic E-state index is 5.75. The van der Waals surface area contributed by atoms with E-state index in [0.717, 1.165) is 19.2 Å². The summed E-state index contributed by atoms with van der Waals surface area (Å²) >= 11 is 0. The first-order valence-corrected chi connectivity index (χ1v) is 8.11. The molecule has 1 aliphatic carbocycles. The fraction of sp³-hybridized carbons (Fsp3) is 1.00. The first kappa shape index (κ1) is 15.3. The van der Waals surface area contributed by atoms with Gasteiger partial charge in [0.15, 0.2) is 0 Å². The van der Waals surface area contributed by atoms with Gasteiger partial charge in [-0.2, -0.15) is 0 Å². The molecular weight excluding hydrogens is 236 g/mol. The van der Waals surface area contributed by atoms with Gasteiger partial charge in [-0.3, -0.25) is 4.90 Å². The summed E-state index contributed by atoms with van der Waals surface area (Å²) in [4.78, 5) is 2.64. The van der Waals surface area contributed by atoms with Gasteiger partial charge in [-0.05, 0) is 38.5 Å². The smallest absolute Gasteiger partial charge is 0.0674 e. The fourth-order valence-electron chi connectivity index (χ4n) is 3.19. The van der Waals surface area contributed by atoms with Crippen LogP contribution in [-0.4, -0.2) is 49.3 Å². The highest BCUT2D eigenvalue weighted by Crippen LogP contribution is 2.28.